The third kappa shape index (κ3) is 6.55. The quantitative estimate of drug-likeness (QED) is 0.0763. The van der Waals surface area contributed by atoms with Crippen molar-refractivity contribution in [1.82, 2.24) is 55.8 Å². The predicted octanol–water partition coefficient (Wildman–Crippen LogP) is 0.743. The Morgan fingerprint density at radius 2 is 1.85 bits per heavy atom. The second-order valence-corrected chi connectivity index (χ2v) is 10.5. The molecule has 4 heterocycles. The van der Waals surface area contributed by atoms with Crippen LogP contribution in [0.25, 0.3) is 33.5 Å². The molecule has 0 saturated heterocycles. The van der Waals surface area contributed by atoms with Crippen LogP contribution in [0.15, 0.2) is 54.9 Å². The first-order valence-corrected chi connectivity index (χ1v) is 14.2. The second kappa shape index (κ2) is 12.7. The molecular weight excluding hydrogens is 608 g/mol. The normalized spacial score (nSPS) is 11.8. The zero-order valence-electron chi connectivity index (χ0n) is 24.6. The van der Waals surface area contributed by atoms with E-state index in [0.717, 1.165) is 10.9 Å². The monoisotopic (exact) mass is 636 g/mol. The maximum absolute atomic E-state index is 13.1. The Labute approximate surface area is 264 Å². The summed E-state index contributed by atoms with van der Waals surface area (Å²) in [4.78, 5) is 54.6. The van der Waals surface area contributed by atoms with Crippen molar-refractivity contribution in [1.29, 1.82) is 0 Å². The summed E-state index contributed by atoms with van der Waals surface area (Å²) in [5.74, 6) is -1.81. The Morgan fingerprint density at radius 3 is 2.64 bits per heavy atom. The molecule has 0 aliphatic rings. The largest absolute Gasteiger partial charge is 0.480 e. The number of nitrogen functional groups attached to an aromatic ring is 3. The van der Waals surface area contributed by atoms with Crippen molar-refractivity contribution in [3.8, 4) is 11.4 Å². The molecule has 0 radical (unpaired) electrons. The minimum atomic E-state index is -1.19. The Hall–Kier alpha value is -6.72. The number of H-pyrrole nitrogens is 1. The number of amides is 2. The van der Waals surface area contributed by atoms with Crippen LogP contribution in [-0.2, 0) is 11.3 Å². The maximum Gasteiger partial charge on any atom is 0.326 e. The van der Waals surface area contributed by atoms with E-state index >= 15 is 0 Å². The van der Waals surface area contributed by atoms with Crippen LogP contribution in [0.2, 0.25) is 0 Å². The highest BCUT2D eigenvalue weighted by molar-refractivity contribution is 6.01. The van der Waals surface area contributed by atoms with E-state index in [1.54, 1.807) is 42.6 Å². The van der Waals surface area contributed by atoms with Crippen molar-refractivity contribution < 1.29 is 19.5 Å². The number of anilines is 3. The van der Waals surface area contributed by atoms with Gasteiger partial charge in [0, 0.05) is 40.5 Å². The Morgan fingerprint density at radius 1 is 1.00 bits per heavy atom. The number of aliphatic carboxylic acids is 1. The molecule has 0 saturated carbocycles. The first-order chi connectivity index (χ1) is 22.7. The van der Waals surface area contributed by atoms with Crippen LogP contribution < -0.4 is 27.8 Å². The van der Waals surface area contributed by atoms with Gasteiger partial charge >= 0.3 is 5.97 Å². The smallest absolute Gasteiger partial charge is 0.326 e. The Kier molecular flexibility index (Phi) is 8.20. The van der Waals surface area contributed by atoms with Gasteiger partial charge in [0.1, 0.15) is 6.04 Å². The Balaban J connectivity index is 1.06. The lowest BCUT2D eigenvalue weighted by Gasteiger charge is -2.15. The predicted molar refractivity (Wildman–Crippen MR) is 169 cm³/mol. The van der Waals surface area contributed by atoms with Gasteiger partial charge in [-0.3, -0.25) is 9.59 Å². The third-order valence-corrected chi connectivity index (χ3v) is 7.30. The summed E-state index contributed by atoms with van der Waals surface area (Å²) in [6.45, 7) is 0.513. The molecule has 47 heavy (non-hydrogen) atoms. The van der Waals surface area contributed by atoms with Crippen molar-refractivity contribution in [2.45, 2.75) is 25.4 Å². The number of nitrogens with two attached hydrogens (primary N) is 3. The number of tetrazole rings is 1. The van der Waals surface area contributed by atoms with Gasteiger partial charge in [-0.25, -0.2) is 14.8 Å². The molecule has 238 valence electrons. The molecule has 0 aliphatic heterocycles. The number of carboxylic acids is 1. The van der Waals surface area contributed by atoms with E-state index in [1.807, 2.05) is 16.8 Å². The number of benzene rings is 2. The molecule has 2 amide bonds. The zero-order chi connectivity index (χ0) is 33.1. The molecule has 0 fully saturated rings. The second-order valence-electron chi connectivity index (χ2n) is 10.5. The average Bonchev–Trinajstić information content (AvgIpc) is 3.73. The molecule has 0 aliphatic carbocycles. The van der Waals surface area contributed by atoms with Crippen LogP contribution in [0.1, 0.15) is 39.3 Å². The molecule has 10 N–H and O–H groups in total. The van der Waals surface area contributed by atoms with Crippen LogP contribution in [0, 0.1) is 0 Å². The topological polar surface area (TPSA) is 285 Å². The van der Waals surface area contributed by atoms with Gasteiger partial charge in [-0.2, -0.15) is 15.2 Å². The fourth-order valence-electron chi connectivity index (χ4n) is 5.04. The van der Waals surface area contributed by atoms with E-state index in [4.69, 9.17) is 17.2 Å². The summed E-state index contributed by atoms with van der Waals surface area (Å²) in [6.07, 6.45) is 3.77. The van der Waals surface area contributed by atoms with Crippen LogP contribution >= 0.6 is 0 Å². The molecule has 18 heteroatoms. The first-order valence-electron chi connectivity index (χ1n) is 14.2. The number of aromatic nitrogens is 9. The molecule has 1 atom stereocenters. The van der Waals surface area contributed by atoms with Gasteiger partial charge in [0.05, 0.1) is 24.0 Å². The molecule has 2 aromatic carbocycles. The fraction of sp³-hybridized carbons (Fsp3) is 0.172. The van der Waals surface area contributed by atoms with Crippen LogP contribution in [0.3, 0.4) is 0 Å². The molecule has 18 nitrogen and oxygen atoms in total. The molecular formula is C29H28N14O4. The van der Waals surface area contributed by atoms with Crippen LogP contribution in [0.4, 0.5) is 17.5 Å². The Bertz CT molecular complexity index is 2130. The number of rotatable bonds is 11. The summed E-state index contributed by atoms with van der Waals surface area (Å²) in [5, 5.41) is 29.5. The van der Waals surface area contributed by atoms with E-state index in [-0.39, 0.29) is 42.5 Å². The van der Waals surface area contributed by atoms with E-state index < -0.39 is 23.8 Å². The minimum Gasteiger partial charge on any atom is -0.480 e. The van der Waals surface area contributed by atoms with Crippen molar-refractivity contribution in [2.24, 2.45) is 0 Å². The highest BCUT2D eigenvalue weighted by atomic mass is 16.4. The highest BCUT2D eigenvalue weighted by Gasteiger charge is 2.22. The van der Waals surface area contributed by atoms with Gasteiger partial charge in [0.25, 0.3) is 11.8 Å². The number of carbonyl (C=O) groups excluding carboxylic acids is 2. The number of hydrogen-bond donors (Lipinski definition) is 7. The van der Waals surface area contributed by atoms with Crippen molar-refractivity contribution in [3.63, 3.8) is 0 Å². The molecule has 6 aromatic rings. The van der Waals surface area contributed by atoms with Crippen molar-refractivity contribution >= 4 is 57.3 Å². The molecule has 4 aromatic heterocycles. The van der Waals surface area contributed by atoms with E-state index in [2.05, 4.69) is 51.2 Å². The number of carbonyl (C=O) groups is 3. The van der Waals surface area contributed by atoms with E-state index in [9.17, 15) is 19.5 Å². The summed E-state index contributed by atoms with van der Waals surface area (Å²) in [7, 11) is 0. The fourth-order valence-corrected chi connectivity index (χ4v) is 5.04. The van der Waals surface area contributed by atoms with Gasteiger partial charge in [0.2, 0.25) is 11.8 Å². The average molecular weight is 637 g/mol. The van der Waals surface area contributed by atoms with Gasteiger partial charge in [0.15, 0.2) is 17.0 Å². The van der Waals surface area contributed by atoms with E-state index in [1.165, 1.54) is 0 Å². The van der Waals surface area contributed by atoms with Gasteiger partial charge in [-0.05, 0) is 60.5 Å². The van der Waals surface area contributed by atoms with Crippen molar-refractivity contribution in [2.75, 3.05) is 23.7 Å². The summed E-state index contributed by atoms with van der Waals surface area (Å²) < 4.78 is 1.92. The van der Waals surface area contributed by atoms with Gasteiger partial charge in [-0.1, -0.05) is 0 Å². The van der Waals surface area contributed by atoms with Crippen molar-refractivity contribution in [3.05, 3.63) is 71.7 Å². The molecule has 0 spiro atoms. The lowest BCUT2D eigenvalue weighted by molar-refractivity contribution is -0.139. The number of fused-ring (bicyclic) bond motifs is 2. The lowest BCUT2D eigenvalue weighted by Crippen LogP contribution is -2.41. The number of nitrogens with zero attached hydrogens (tertiary/aromatic N) is 8. The number of nitrogens with one attached hydrogen (secondary N) is 3. The standard InChI is InChI=1S/C29H28N14O4/c30-16-4-5-18(19(11-16)24-39-41-42-40-24)27(45)33-8-1-2-20(28(46)47)36-26(44)15-3-6-21-14(10-15)7-9-43(21)13-17-12-34-25-22(35-17)23(31)37-29(32)38-25/h3-7,9-12,20H,1-2,8,13,30H2,(H,33,45)(H,36,44)(H,46,47)(H,39,40,41,42)(H4,31,32,34,37,38)/t20-/m0/s1. The summed E-state index contributed by atoms with van der Waals surface area (Å²) in [6, 6.07) is 10.4. The minimum absolute atomic E-state index is 0.0129. The molecule has 6 rings (SSSR count). The zero-order valence-corrected chi connectivity index (χ0v) is 24.6. The van der Waals surface area contributed by atoms with Gasteiger partial charge < -0.3 is 37.5 Å². The highest BCUT2D eigenvalue weighted by Crippen LogP contribution is 2.23. The van der Waals surface area contributed by atoms with E-state index in [0.29, 0.717) is 40.2 Å². The summed E-state index contributed by atoms with van der Waals surface area (Å²) in [5.41, 5.74) is 20.9. The number of hydrogen-bond acceptors (Lipinski definition) is 13. The first kappa shape index (κ1) is 30.3. The summed E-state index contributed by atoms with van der Waals surface area (Å²) >= 11 is 0. The van der Waals surface area contributed by atoms with Gasteiger partial charge in [-0.15, -0.1) is 10.2 Å². The molecule has 0 bridgehead atoms. The van der Waals surface area contributed by atoms with Crippen LogP contribution in [0.5, 0.6) is 0 Å². The number of carboxylic acid groups (broad SMARTS) is 1. The SMILES string of the molecule is Nc1ccc(C(=O)NCCC[C@H](NC(=O)c2ccc3c(ccn3Cc3cnc4nc(N)nc(N)c4n3)c2)C(=O)O)c(-c2nn[nH]n2)c1. The molecule has 0 unspecified atom stereocenters. The third-order valence-electron chi connectivity index (χ3n) is 7.30. The number of aromatic amines is 1. The van der Waals surface area contributed by atoms with Crippen LogP contribution in [-0.4, -0.2) is 80.6 Å². The lowest BCUT2D eigenvalue weighted by atomic mass is 10.0. The maximum atomic E-state index is 13.1.